The van der Waals surface area contributed by atoms with Gasteiger partial charge in [0.15, 0.2) is 0 Å². The molecule has 1 amide bonds. The number of carbonyl (C=O) groups excluding carboxylic acids is 1. The Kier molecular flexibility index (Phi) is 6.82. The first kappa shape index (κ1) is 21.6. The number of hydrogen-bond acceptors (Lipinski definition) is 4. The van der Waals surface area contributed by atoms with Gasteiger partial charge in [-0.2, -0.15) is 4.31 Å². The highest BCUT2D eigenvalue weighted by Gasteiger charge is 2.30. The lowest BCUT2D eigenvalue weighted by molar-refractivity contribution is 0.0698. The van der Waals surface area contributed by atoms with Crippen LogP contribution in [0, 0.1) is 0 Å². The molecule has 1 fully saturated rings. The first-order chi connectivity index (χ1) is 13.8. The quantitative estimate of drug-likeness (QED) is 0.698. The number of anilines is 1. The van der Waals surface area contributed by atoms with Gasteiger partial charge in [0.1, 0.15) is 0 Å². The molecule has 2 aromatic rings. The zero-order valence-corrected chi connectivity index (χ0v) is 18.3. The highest BCUT2D eigenvalue weighted by atomic mass is 35.5. The van der Waals surface area contributed by atoms with E-state index in [0.717, 1.165) is 18.7 Å². The predicted octanol–water partition coefficient (Wildman–Crippen LogP) is 3.33. The Balaban J connectivity index is 1.63. The number of benzene rings is 2. The van der Waals surface area contributed by atoms with Crippen molar-refractivity contribution in [1.82, 2.24) is 9.21 Å². The number of hydrogen-bond donors (Lipinski definition) is 0. The molecule has 6 nitrogen and oxygen atoms in total. The van der Waals surface area contributed by atoms with Crippen molar-refractivity contribution in [1.29, 1.82) is 0 Å². The lowest BCUT2D eigenvalue weighted by Crippen LogP contribution is -2.50. The molecule has 0 N–H and O–H groups in total. The van der Waals surface area contributed by atoms with Crippen LogP contribution in [-0.2, 0) is 10.0 Å². The molecule has 0 spiro atoms. The van der Waals surface area contributed by atoms with E-state index in [1.54, 1.807) is 17.0 Å². The molecule has 0 unspecified atom stereocenters. The fourth-order valence-corrected chi connectivity index (χ4v) is 5.14. The number of sulfonamides is 1. The van der Waals surface area contributed by atoms with Gasteiger partial charge in [0.25, 0.3) is 5.91 Å². The van der Waals surface area contributed by atoms with E-state index in [4.69, 9.17) is 11.6 Å². The molecule has 3 rings (SSSR count). The fraction of sp³-hybridized carbons (Fsp3) is 0.381. The summed E-state index contributed by atoms with van der Waals surface area (Å²) in [6, 6.07) is 13.8. The Morgan fingerprint density at radius 3 is 2.31 bits per heavy atom. The Bertz CT molecular complexity index is 955. The summed E-state index contributed by atoms with van der Waals surface area (Å²) in [7, 11) is -1.59. The standard InChI is InChI=1S/C21H26ClN3O3S/c1-3-11-23(2)19-9-7-17(8-10-19)21(26)24-12-14-25(15-13-24)29(27,28)20-6-4-5-18(22)16-20/h4-10,16H,3,11-15H2,1-2H3. The monoisotopic (exact) mass is 435 g/mol. The number of halogens is 1. The van der Waals surface area contributed by atoms with Crippen LogP contribution in [0.2, 0.25) is 5.02 Å². The molecule has 8 heteroatoms. The summed E-state index contributed by atoms with van der Waals surface area (Å²) >= 11 is 5.93. The molecule has 1 heterocycles. The van der Waals surface area contributed by atoms with Gasteiger partial charge in [0.2, 0.25) is 10.0 Å². The third-order valence-corrected chi connectivity index (χ3v) is 7.20. The Labute approximate surface area is 177 Å². The van der Waals surface area contributed by atoms with Gasteiger partial charge < -0.3 is 9.80 Å². The Morgan fingerprint density at radius 2 is 1.72 bits per heavy atom. The van der Waals surface area contributed by atoms with E-state index < -0.39 is 10.0 Å². The smallest absolute Gasteiger partial charge is 0.253 e. The van der Waals surface area contributed by atoms with Gasteiger partial charge in [-0.05, 0) is 48.9 Å². The SMILES string of the molecule is CCCN(C)c1ccc(C(=O)N2CCN(S(=O)(=O)c3cccc(Cl)c3)CC2)cc1. The summed E-state index contributed by atoms with van der Waals surface area (Å²) in [6.45, 7) is 4.32. The van der Waals surface area contributed by atoms with Gasteiger partial charge in [-0.15, -0.1) is 0 Å². The summed E-state index contributed by atoms with van der Waals surface area (Å²) in [5.74, 6) is -0.0745. The van der Waals surface area contributed by atoms with Crippen LogP contribution in [0.3, 0.4) is 0 Å². The number of piperazine rings is 1. The first-order valence-electron chi connectivity index (χ1n) is 9.69. The van der Waals surface area contributed by atoms with Crippen LogP contribution >= 0.6 is 11.6 Å². The molecule has 0 bridgehead atoms. The van der Waals surface area contributed by atoms with E-state index in [9.17, 15) is 13.2 Å². The van der Waals surface area contributed by atoms with Gasteiger partial charge in [0, 0.05) is 56.0 Å². The minimum atomic E-state index is -3.61. The third kappa shape index (κ3) is 4.91. The van der Waals surface area contributed by atoms with Crippen LogP contribution in [0.5, 0.6) is 0 Å². The topological polar surface area (TPSA) is 60.9 Å². The van der Waals surface area contributed by atoms with Crippen molar-refractivity contribution >= 4 is 33.2 Å². The van der Waals surface area contributed by atoms with E-state index in [2.05, 4.69) is 11.8 Å². The van der Waals surface area contributed by atoms with Crippen LogP contribution < -0.4 is 4.90 Å². The van der Waals surface area contributed by atoms with Crippen molar-refractivity contribution in [2.24, 2.45) is 0 Å². The molecule has 1 aliphatic heterocycles. The first-order valence-corrected chi connectivity index (χ1v) is 11.5. The maximum Gasteiger partial charge on any atom is 0.253 e. The number of carbonyl (C=O) groups is 1. The molecule has 0 aliphatic carbocycles. The van der Waals surface area contributed by atoms with E-state index >= 15 is 0 Å². The lowest BCUT2D eigenvalue weighted by atomic mass is 10.1. The van der Waals surface area contributed by atoms with Crippen molar-refractivity contribution < 1.29 is 13.2 Å². The number of amides is 1. The van der Waals surface area contributed by atoms with Crippen LogP contribution in [0.4, 0.5) is 5.69 Å². The van der Waals surface area contributed by atoms with E-state index in [1.165, 1.54) is 16.4 Å². The van der Waals surface area contributed by atoms with Crippen molar-refractivity contribution in [2.45, 2.75) is 18.2 Å². The molecule has 1 saturated heterocycles. The van der Waals surface area contributed by atoms with Gasteiger partial charge in [-0.25, -0.2) is 8.42 Å². The summed E-state index contributed by atoms with van der Waals surface area (Å²) in [5, 5.41) is 0.382. The van der Waals surface area contributed by atoms with Crippen molar-refractivity contribution in [3.05, 3.63) is 59.1 Å². The highest BCUT2D eigenvalue weighted by Crippen LogP contribution is 2.22. The Hall–Kier alpha value is -2.09. The molecular weight excluding hydrogens is 410 g/mol. The zero-order valence-electron chi connectivity index (χ0n) is 16.7. The van der Waals surface area contributed by atoms with Crippen LogP contribution in [0.25, 0.3) is 0 Å². The summed E-state index contributed by atoms with van der Waals surface area (Å²) < 4.78 is 27.0. The number of rotatable bonds is 6. The second kappa shape index (κ2) is 9.15. The third-order valence-electron chi connectivity index (χ3n) is 5.07. The molecule has 0 saturated carbocycles. The molecule has 0 aromatic heterocycles. The van der Waals surface area contributed by atoms with Gasteiger partial charge >= 0.3 is 0 Å². The minimum Gasteiger partial charge on any atom is -0.375 e. The molecule has 0 radical (unpaired) electrons. The molecule has 1 aliphatic rings. The maximum absolute atomic E-state index is 12.8. The van der Waals surface area contributed by atoms with Gasteiger partial charge in [-0.1, -0.05) is 24.6 Å². The number of nitrogens with zero attached hydrogens (tertiary/aromatic N) is 3. The van der Waals surface area contributed by atoms with E-state index in [0.29, 0.717) is 23.7 Å². The molecule has 0 atom stereocenters. The molecular formula is C21H26ClN3O3S. The second-order valence-electron chi connectivity index (χ2n) is 7.12. The van der Waals surface area contributed by atoms with Gasteiger partial charge in [0.05, 0.1) is 4.90 Å². The second-order valence-corrected chi connectivity index (χ2v) is 9.50. The minimum absolute atomic E-state index is 0.0745. The lowest BCUT2D eigenvalue weighted by Gasteiger charge is -2.34. The molecule has 29 heavy (non-hydrogen) atoms. The average molecular weight is 436 g/mol. The van der Waals surface area contributed by atoms with Crippen molar-refractivity contribution in [3.8, 4) is 0 Å². The fourth-order valence-electron chi connectivity index (χ4n) is 3.41. The normalized spacial score (nSPS) is 15.3. The van der Waals surface area contributed by atoms with E-state index in [1.807, 2.05) is 31.3 Å². The summed E-state index contributed by atoms with van der Waals surface area (Å²) in [4.78, 5) is 16.8. The van der Waals surface area contributed by atoms with E-state index in [-0.39, 0.29) is 23.9 Å². The Morgan fingerprint density at radius 1 is 1.07 bits per heavy atom. The highest BCUT2D eigenvalue weighted by molar-refractivity contribution is 7.89. The predicted molar refractivity (Wildman–Crippen MR) is 116 cm³/mol. The maximum atomic E-state index is 12.8. The van der Waals surface area contributed by atoms with Crippen molar-refractivity contribution in [2.75, 3.05) is 44.7 Å². The van der Waals surface area contributed by atoms with Crippen molar-refractivity contribution in [3.63, 3.8) is 0 Å². The van der Waals surface area contributed by atoms with Crippen LogP contribution in [0.1, 0.15) is 23.7 Å². The largest absolute Gasteiger partial charge is 0.375 e. The molecule has 156 valence electrons. The van der Waals surface area contributed by atoms with Crippen LogP contribution in [-0.4, -0.2) is 63.3 Å². The summed E-state index contributed by atoms with van der Waals surface area (Å²) in [6.07, 6.45) is 1.06. The molecule has 2 aromatic carbocycles. The zero-order chi connectivity index (χ0) is 21.0. The van der Waals surface area contributed by atoms with Crippen LogP contribution in [0.15, 0.2) is 53.4 Å². The average Bonchev–Trinajstić information content (AvgIpc) is 2.73. The van der Waals surface area contributed by atoms with Gasteiger partial charge in [-0.3, -0.25) is 4.79 Å². The summed E-state index contributed by atoms with van der Waals surface area (Å²) in [5.41, 5.74) is 1.69.